The van der Waals surface area contributed by atoms with Crippen LogP contribution in [0.3, 0.4) is 0 Å². The molecule has 1 aromatic heterocycles. The number of likely N-dealkylation sites (tertiary alicyclic amines) is 1. The Morgan fingerprint density at radius 1 is 1.22 bits per heavy atom. The highest BCUT2D eigenvalue weighted by molar-refractivity contribution is 6.06. The van der Waals surface area contributed by atoms with Crippen LogP contribution in [0.15, 0.2) is 48.8 Å². The lowest BCUT2D eigenvalue weighted by Crippen LogP contribution is -2.13. The van der Waals surface area contributed by atoms with Crippen molar-refractivity contribution in [2.24, 2.45) is 5.73 Å². The van der Waals surface area contributed by atoms with E-state index < -0.39 is 5.91 Å². The Labute approximate surface area is 157 Å². The SMILES string of the molecule is CN1CCC(c2cccc(F)c2)C1.NC(=O)c1cccc2c(N)ncnc12. The first-order valence-corrected chi connectivity index (χ1v) is 8.68. The van der Waals surface area contributed by atoms with Crippen molar-refractivity contribution in [3.63, 3.8) is 0 Å². The van der Waals surface area contributed by atoms with E-state index in [1.807, 2.05) is 6.07 Å². The molecule has 1 fully saturated rings. The number of anilines is 1. The quantitative estimate of drug-likeness (QED) is 0.725. The van der Waals surface area contributed by atoms with Crippen molar-refractivity contribution in [3.05, 3.63) is 65.7 Å². The summed E-state index contributed by atoms with van der Waals surface area (Å²) < 4.78 is 12.9. The van der Waals surface area contributed by atoms with E-state index in [-0.39, 0.29) is 5.82 Å². The third-order valence-corrected chi connectivity index (χ3v) is 4.67. The minimum Gasteiger partial charge on any atom is -0.383 e. The number of hydrogen-bond donors (Lipinski definition) is 2. The zero-order valence-corrected chi connectivity index (χ0v) is 15.1. The Bertz CT molecular complexity index is 962. The van der Waals surface area contributed by atoms with Crippen molar-refractivity contribution in [2.45, 2.75) is 12.3 Å². The highest BCUT2D eigenvalue weighted by Gasteiger charge is 2.20. The summed E-state index contributed by atoms with van der Waals surface area (Å²) in [6, 6.07) is 12.0. The number of carbonyl (C=O) groups excluding carboxylic acids is 1. The third-order valence-electron chi connectivity index (χ3n) is 4.67. The molecule has 0 saturated carbocycles. The van der Waals surface area contributed by atoms with Crippen LogP contribution in [0, 0.1) is 5.82 Å². The zero-order chi connectivity index (χ0) is 19.4. The van der Waals surface area contributed by atoms with Crippen LogP contribution in [0.2, 0.25) is 0 Å². The Kier molecular flexibility index (Phi) is 5.61. The summed E-state index contributed by atoms with van der Waals surface area (Å²) in [5, 5.41) is 0.642. The van der Waals surface area contributed by atoms with Crippen molar-refractivity contribution in [2.75, 3.05) is 25.9 Å². The number of fused-ring (bicyclic) bond motifs is 1. The van der Waals surface area contributed by atoms with E-state index in [9.17, 15) is 9.18 Å². The number of likely N-dealkylation sites (N-methyl/N-ethyl adjacent to an activating group) is 1. The second-order valence-electron chi connectivity index (χ2n) is 6.63. The first kappa shape index (κ1) is 18.7. The van der Waals surface area contributed by atoms with Gasteiger partial charge in [0.15, 0.2) is 0 Å². The lowest BCUT2D eigenvalue weighted by atomic mass is 9.98. The molecule has 2 heterocycles. The monoisotopic (exact) mass is 367 g/mol. The smallest absolute Gasteiger partial charge is 0.250 e. The maximum Gasteiger partial charge on any atom is 0.250 e. The predicted octanol–water partition coefficient (Wildman–Crippen LogP) is 2.56. The van der Waals surface area contributed by atoms with Crippen molar-refractivity contribution < 1.29 is 9.18 Å². The molecule has 1 atom stereocenters. The van der Waals surface area contributed by atoms with Gasteiger partial charge in [0.05, 0.1) is 11.1 Å². The molecule has 1 saturated heterocycles. The highest BCUT2D eigenvalue weighted by atomic mass is 19.1. The summed E-state index contributed by atoms with van der Waals surface area (Å²) in [6.45, 7) is 2.19. The number of aromatic nitrogens is 2. The van der Waals surface area contributed by atoms with Crippen molar-refractivity contribution in [1.82, 2.24) is 14.9 Å². The second kappa shape index (κ2) is 8.09. The molecule has 3 aromatic rings. The number of carbonyl (C=O) groups is 1. The van der Waals surface area contributed by atoms with E-state index in [0.29, 0.717) is 28.2 Å². The molecule has 27 heavy (non-hydrogen) atoms. The highest BCUT2D eigenvalue weighted by Crippen LogP contribution is 2.26. The molecule has 4 N–H and O–H groups in total. The molecule has 2 aromatic carbocycles. The van der Waals surface area contributed by atoms with Gasteiger partial charge in [-0.3, -0.25) is 4.79 Å². The number of hydrogen-bond acceptors (Lipinski definition) is 5. The van der Waals surface area contributed by atoms with E-state index >= 15 is 0 Å². The normalized spacial score (nSPS) is 16.7. The first-order chi connectivity index (χ1) is 13.0. The summed E-state index contributed by atoms with van der Waals surface area (Å²) in [5.41, 5.74) is 12.8. The molecular weight excluding hydrogens is 345 g/mol. The van der Waals surface area contributed by atoms with Crippen molar-refractivity contribution in [1.29, 1.82) is 0 Å². The molecular formula is C20H22FN5O. The minimum atomic E-state index is -0.520. The van der Waals surface area contributed by atoms with Gasteiger partial charge in [0.25, 0.3) is 5.91 Å². The fraction of sp³-hybridized carbons (Fsp3) is 0.250. The average molecular weight is 367 g/mol. The molecule has 1 amide bonds. The van der Waals surface area contributed by atoms with Crippen molar-refractivity contribution >= 4 is 22.6 Å². The van der Waals surface area contributed by atoms with Gasteiger partial charge in [-0.25, -0.2) is 14.4 Å². The van der Waals surface area contributed by atoms with Crippen LogP contribution in [0.25, 0.3) is 10.9 Å². The van der Waals surface area contributed by atoms with Crippen LogP contribution in [0.4, 0.5) is 10.2 Å². The maximum atomic E-state index is 12.9. The van der Waals surface area contributed by atoms with Crippen LogP contribution in [-0.4, -0.2) is 40.9 Å². The van der Waals surface area contributed by atoms with Gasteiger partial charge >= 0.3 is 0 Å². The van der Waals surface area contributed by atoms with Gasteiger partial charge in [-0.05, 0) is 55.8 Å². The Hall–Kier alpha value is -3.06. The lowest BCUT2D eigenvalue weighted by Gasteiger charge is -2.10. The number of para-hydroxylation sites is 1. The summed E-state index contributed by atoms with van der Waals surface area (Å²) in [4.78, 5) is 21.1. The topological polar surface area (TPSA) is 98.1 Å². The van der Waals surface area contributed by atoms with Crippen molar-refractivity contribution in [3.8, 4) is 0 Å². The van der Waals surface area contributed by atoms with E-state index in [2.05, 4.69) is 21.9 Å². The van der Waals surface area contributed by atoms with Gasteiger partial charge in [-0.2, -0.15) is 0 Å². The number of primary amides is 1. The molecule has 4 rings (SSSR count). The van der Waals surface area contributed by atoms with Crippen LogP contribution in [-0.2, 0) is 0 Å². The molecule has 7 heteroatoms. The molecule has 0 bridgehead atoms. The molecule has 1 aliphatic rings. The molecule has 0 spiro atoms. The first-order valence-electron chi connectivity index (χ1n) is 8.68. The van der Waals surface area contributed by atoms with E-state index in [1.54, 1.807) is 30.3 Å². The number of amides is 1. The predicted molar refractivity (Wildman–Crippen MR) is 104 cm³/mol. The molecule has 1 aliphatic heterocycles. The van der Waals surface area contributed by atoms with Crippen LogP contribution >= 0.6 is 0 Å². The molecule has 0 aliphatic carbocycles. The number of rotatable bonds is 2. The third kappa shape index (κ3) is 4.38. The molecule has 6 nitrogen and oxygen atoms in total. The van der Waals surface area contributed by atoms with Gasteiger partial charge in [-0.15, -0.1) is 0 Å². The fourth-order valence-corrected chi connectivity index (χ4v) is 3.27. The van der Waals surface area contributed by atoms with Crippen LogP contribution < -0.4 is 11.5 Å². The summed E-state index contributed by atoms with van der Waals surface area (Å²) in [5.74, 6) is 0.236. The Balaban J connectivity index is 0.000000156. The molecule has 140 valence electrons. The van der Waals surface area contributed by atoms with E-state index in [0.717, 1.165) is 25.1 Å². The van der Waals surface area contributed by atoms with Gasteiger partial charge in [0.1, 0.15) is 18.0 Å². The summed E-state index contributed by atoms with van der Waals surface area (Å²) in [7, 11) is 2.11. The number of nitrogen functional groups attached to an aromatic ring is 1. The van der Waals surface area contributed by atoms with Crippen LogP contribution in [0.1, 0.15) is 28.3 Å². The molecule has 1 unspecified atom stereocenters. The standard InChI is InChI=1S/C11H14FN.C9H8N4O/c1-13-6-5-10(8-13)9-3-2-4-11(12)7-9;10-8-5-2-1-3-6(9(11)14)7(5)12-4-13-8/h2-4,7,10H,5-6,8H2,1H3;1-4H,(H2,11,14)(H2,10,12,13). The van der Waals surface area contributed by atoms with E-state index in [1.165, 1.54) is 12.4 Å². The van der Waals surface area contributed by atoms with Gasteiger partial charge in [0, 0.05) is 11.9 Å². The number of nitrogens with zero attached hydrogens (tertiary/aromatic N) is 3. The van der Waals surface area contributed by atoms with Crippen LogP contribution in [0.5, 0.6) is 0 Å². The van der Waals surface area contributed by atoms with Gasteiger partial charge in [0.2, 0.25) is 0 Å². The Morgan fingerprint density at radius 3 is 2.67 bits per heavy atom. The number of benzene rings is 2. The fourth-order valence-electron chi connectivity index (χ4n) is 3.27. The zero-order valence-electron chi connectivity index (χ0n) is 15.1. The maximum absolute atomic E-state index is 12.9. The number of nitrogens with two attached hydrogens (primary N) is 2. The Morgan fingerprint density at radius 2 is 2.00 bits per heavy atom. The van der Waals surface area contributed by atoms with E-state index in [4.69, 9.17) is 11.5 Å². The second-order valence-corrected chi connectivity index (χ2v) is 6.63. The summed E-state index contributed by atoms with van der Waals surface area (Å²) in [6.07, 6.45) is 2.46. The number of halogens is 1. The largest absolute Gasteiger partial charge is 0.383 e. The lowest BCUT2D eigenvalue weighted by molar-refractivity contribution is 0.100. The van der Waals surface area contributed by atoms with Gasteiger partial charge < -0.3 is 16.4 Å². The summed E-state index contributed by atoms with van der Waals surface area (Å²) >= 11 is 0. The van der Waals surface area contributed by atoms with Gasteiger partial charge in [-0.1, -0.05) is 18.2 Å². The average Bonchev–Trinajstić information content (AvgIpc) is 3.09. The molecule has 0 radical (unpaired) electrons. The minimum absolute atomic E-state index is 0.118.